The van der Waals surface area contributed by atoms with Gasteiger partial charge in [-0.1, -0.05) is 0 Å². The number of hydrogen-bond donors (Lipinski definition) is 2. The third kappa shape index (κ3) is 2.89. The van der Waals surface area contributed by atoms with Crippen LogP contribution < -0.4 is 4.74 Å². The molecule has 96 valence electrons. The Balaban J connectivity index is 3.27. The fourth-order valence-corrected chi connectivity index (χ4v) is 1.20. The van der Waals surface area contributed by atoms with E-state index < -0.39 is 41.4 Å². The van der Waals surface area contributed by atoms with Crippen LogP contribution in [-0.4, -0.2) is 22.8 Å². The number of aliphatic hydroxyl groups is 1. The van der Waals surface area contributed by atoms with Crippen molar-refractivity contribution in [3.8, 4) is 11.8 Å². The molecule has 0 aliphatic carbocycles. The lowest BCUT2D eigenvalue weighted by Gasteiger charge is -2.11. The minimum absolute atomic E-state index is 0.423. The fraction of sp³-hybridized carbons (Fsp3) is 0.200. The van der Waals surface area contributed by atoms with Crippen LogP contribution in [-0.2, 0) is 4.79 Å². The quantitative estimate of drug-likeness (QED) is 0.855. The van der Waals surface area contributed by atoms with Gasteiger partial charge in [-0.05, 0) is 6.07 Å². The van der Waals surface area contributed by atoms with E-state index in [1.165, 1.54) is 6.07 Å². The molecule has 0 saturated heterocycles. The molecule has 1 unspecified atom stereocenters. The van der Waals surface area contributed by atoms with Crippen LogP contribution in [0.4, 0.5) is 13.2 Å². The van der Waals surface area contributed by atoms with Gasteiger partial charge >= 0.3 is 12.6 Å². The minimum atomic E-state index is -3.26. The SMILES string of the molecule is N#Cc1cc(C(O)C(=O)O)c(F)cc1OC(F)F. The average molecular weight is 261 g/mol. The van der Waals surface area contributed by atoms with Crippen molar-refractivity contribution in [2.45, 2.75) is 12.7 Å². The molecule has 0 aliphatic rings. The highest BCUT2D eigenvalue weighted by Gasteiger charge is 2.23. The normalized spacial score (nSPS) is 12.0. The third-order valence-corrected chi connectivity index (χ3v) is 1.96. The molecule has 0 bridgehead atoms. The maximum atomic E-state index is 13.4. The summed E-state index contributed by atoms with van der Waals surface area (Å²) < 4.78 is 41.2. The molecule has 0 fully saturated rings. The molecule has 1 atom stereocenters. The van der Waals surface area contributed by atoms with Crippen LogP contribution in [0.15, 0.2) is 12.1 Å². The summed E-state index contributed by atoms with van der Waals surface area (Å²) in [7, 11) is 0. The van der Waals surface area contributed by atoms with E-state index in [2.05, 4.69) is 4.74 Å². The van der Waals surface area contributed by atoms with Crippen molar-refractivity contribution < 1.29 is 32.9 Å². The van der Waals surface area contributed by atoms with Crippen molar-refractivity contribution in [3.63, 3.8) is 0 Å². The smallest absolute Gasteiger partial charge is 0.387 e. The van der Waals surface area contributed by atoms with Gasteiger partial charge < -0.3 is 14.9 Å². The Morgan fingerprint density at radius 2 is 2.06 bits per heavy atom. The number of carboxylic acid groups (broad SMARTS) is 1. The number of aliphatic carboxylic acids is 1. The fourth-order valence-electron chi connectivity index (χ4n) is 1.20. The van der Waals surface area contributed by atoms with Crippen LogP contribution in [0.3, 0.4) is 0 Å². The molecule has 0 radical (unpaired) electrons. The van der Waals surface area contributed by atoms with Crippen LogP contribution in [0, 0.1) is 17.1 Å². The van der Waals surface area contributed by atoms with Gasteiger partial charge in [-0.25, -0.2) is 9.18 Å². The van der Waals surface area contributed by atoms with E-state index in [0.29, 0.717) is 12.1 Å². The zero-order chi connectivity index (χ0) is 13.9. The van der Waals surface area contributed by atoms with Gasteiger partial charge in [0.15, 0.2) is 6.10 Å². The van der Waals surface area contributed by atoms with E-state index in [4.69, 9.17) is 15.5 Å². The summed E-state index contributed by atoms with van der Waals surface area (Å²) in [6, 6.07) is 2.50. The van der Waals surface area contributed by atoms with Gasteiger partial charge in [0.05, 0.1) is 5.56 Å². The first-order chi connectivity index (χ1) is 8.36. The molecule has 0 saturated carbocycles. The number of alkyl halides is 2. The summed E-state index contributed by atoms with van der Waals surface area (Å²) in [6.07, 6.45) is -2.20. The molecule has 1 aromatic rings. The van der Waals surface area contributed by atoms with Crippen molar-refractivity contribution in [2.75, 3.05) is 0 Å². The molecule has 0 amide bonds. The lowest BCUT2D eigenvalue weighted by molar-refractivity contribution is -0.147. The number of carboxylic acids is 1. The highest BCUT2D eigenvalue weighted by atomic mass is 19.3. The topological polar surface area (TPSA) is 90.5 Å². The van der Waals surface area contributed by atoms with Crippen molar-refractivity contribution in [3.05, 3.63) is 29.1 Å². The van der Waals surface area contributed by atoms with Gasteiger partial charge in [0.2, 0.25) is 0 Å². The van der Waals surface area contributed by atoms with Crippen molar-refractivity contribution in [1.29, 1.82) is 5.26 Å². The summed E-state index contributed by atoms with van der Waals surface area (Å²) in [6.45, 7) is -3.26. The number of carbonyl (C=O) groups is 1. The number of aliphatic hydroxyl groups excluding tert-OH is 1. The number of rotatable bonds is 4. The predicted molar refractivity (Wildman–Crippen MR) is 50.3 cm³/mol. The van der Waals surface area contributed by atoms with E-state index in [0.717, 1.165) is 0 Å². The Labute approximate surface area is 98.6 Å². The lowest BCUT2D eigenvalue weighted by Crippen LogP contribution is -2.13. The highest BCUT2D eigenvalue weighted by Crippen LogP contribution is 2.27. The van der Waals surface area contributed by atoms with E-state index in [9.17, 15) is 18.0 Å². The number of benzene rings is 1. The van der Waals surface area contributed by atoms with Crippen LogP contribution >= 0.6 is 0 Å². The number of halogens is 3. The first kappa shape index (κ1) is 13.8. The van der Waals surface area contributed by atoms with Gasteiger partial charge in [0.1, 0.15) is 17.6 Å². The lowest BCUT2D eigenvalue weighted by atomic mass is 10.0. The number of ether oxygens (including phenoxy) is 1. The Kier molecular flexibility index (Phi) is 4.12. The van der Waals surface area contributed by atoms with E-state index in [1.807, 2.05) is 0 Å². The van der Waals surface area contributed by atoms with Crippen LogP contribution in [0.2, 0.25) is 0 Å². The summed E-state index contributed by atoms with van der Waals surface area (Å²) in [5, 5.41) is 26.3. The van der Waals surface area contributed by atoms with Gasteiger partial charge in [-0.2, -0.15) is 14.0 Å². The zero-order valence-electron chi connectivity index (χ0n) is 8.60. The largest absolute Gasteiger partial charge is 0.479 e. The summed E-state index contributed by atoms with van der Waals surface area (Å²) in [5.41, 5.74) is -1.22. The van der Waals surface area contributed by atoms with Gasteiger partial charge in [0, 0.05) is 11.6 Å². The summed E-state index contributed by atoms with van der Waals surface area (Å²) in [4.78, 5) is 10.5. The third-order valence-electron chi connectivity index (χ3n) is 1.96. The second kappa shape index (κ2) is 5.37. The Morgan fingerprint density at radius 1 is 1.44 bits per heavy atom. The first-order valence-electron chi connectivity index (χ1n) is 4.46. The molecule has 0 aromatic heterocycles. The van der Waals surface area contributed by atoms with Gasteiger partial charge in [-0.3, -0.25) is 0 Å². The molecule has 0 aliphatic heterocycles. The number of nitriles is 1. The summed E-state index contributed by atoms with van der Waals surface area (Å²) >= 11 is 0. The number of nitrogens with zero attached hydrogens (tertiary/aromatic N) is 1. The Morgan fingerprint density at radius 3 is 2.50 bits per heavy atom. The Hall–Kier alpha value is -2.27. The van der Waals surface area contributed by atoms with E-state index >= 15 is 0 Å². The second-order valence-corrected chi connectivity index (χ2v) is 3.10. The maximum Gasteiger partial charge on any atom is 0.387 e. The minimum Gasteiger partial charge on any atom is -0.479 e. The standard InChI is InChI=1S/C10H6F3NO4/c11-6-2-7(18-10(12)13)4(3-14)1-5(6)8(15)9(16)17/h1-2,8,10,15H,(H,16,17). The van der Waals surface area contributed by atoms with Crippen molar-refractivity contribution >= 4 is 5.97 Å². The van der Waals surface area contributed by atoms with Crippen LogP contribution in [0.1, 0.15) is 17.2 Å². The van der Waals surface area contributed by atoms with Crippen molar-refractivity contribution in [1.82, 2.24) is 0 Å². The second-order valence-electron chi connectivity index (χ2n) is 3.10. The first-order valence-corrected chi connectivity index (χ1v) is 4.46. The molecule has 1 aromatic carbocycles. The molecule has 1 rings (SSSR count). The molecule has 5 nitrogen and oxygen atoms in total. The molecule has 18 heavy (non-hydrogen) atoms. The average Bonchev–Trinajstić information content (AvgIpc) is 2.27. The maximum absolute atomic E-state index is 13.4. The van der Waals surface area contributed by atoms with Crippen LogP contribution in [0.5, 0.6) is 5.75 Å². The van der Waals surface area contributed by atoms with Crippen molar-refractivity contribution in [2.24, 2.45) is 0 Å². The zero-order valence-corrected chi connectivity index (χ0v) is 8.60. The summed E-state index contributed by atoms with van der Waals surface area (Å²) in [5.74, 6) is -3.73. The molecule has 0 heterocycles. The monoisotopic (exact) mass is 261 g/mol. The van der Waals surface area contributed by atoms with E-state index in [1.54, 1.807) is 0 Å². The highest BCUT2D eigenvalue weighted by molar-refractivity contribution is 5.74. The van der Waals surface area contributed by atoms with Gasteiger partial charge in [-0.15, -0.1) is 0 Å². The van der Waals surface area contributed by atoms with E-state index in [-0.39, 0.29) is 0 Å². The predicted octanol–water partition coefficient (Wildman–Crippen LogP) is 1.42. The molecule has 0 spiro atoms. The molecule has 8 heteroatoms. The molecular formula is C10H6F3NO4. The molecule has 2 N–H and O–H groups in total. The van der Waals surface area contributed by atoms with Crippen LogP contribution in [0.25, 0.3) is 0 Å². The Bertz CT molecular complexity index is 513. The molecular weight excluding hydrogens is 255 g/mol. The van der Waals surface area contributed by atoms with Gasteiger partial charge in [0.25, 0.3) is 0 Å². The number of hydrogen-bond acceptors (Lipinski definition) is 4.